The lowest BCUT2D eigenvalue weighted by atomic mass is 9.91. The summed E-state index contributed by atoms with van der Waals surface area (Å²) in [6.07, 6.45) is 3.64. The molecule has 0 amide bonds. The summed E-state index contributed by atoms with van der Waals surface area (Å²) in [4.78, 5) is 23.2. The second-order valence-corrected chi connectivity index (χ2v) is 16.1. The number of rotatable bonds is 17. The largest absolute Gasteiger partial charge is 0.488 e. The number of halogens is 6. The average molecular weight is 907 g/mol. The third-order valence-electron chi connectivity index (χ3n) is 11.3. The number of hydrogen-bond acceptors (Lipinski definition) is 11. The zero-order valence-corrected chi connectivity index (χ0v) is 35.6. The third-order valence-corrected chi connectivity index (χ3v) is 11.6. The van der Waals surface area contributed by atoms with E-state index in [2.05, 4.69) is 15.0 Å². The highest BCUT2D eigenvalue weighted by Gasteiger charge is 2.26. The van der Waals surface area contributed by atoms with Crippen molar-refractivity contribution in [2.75, 3.05) is 19.6 Å². The van der Waals surface area contributed by atoms with E-state index < -0.39 is 31.4 Å². The van der Waals surface area contributed by atoms with E-state index in [1.165, 1.54) is 30.6 Å². The Balaban J connectivity index is 1.02. The molecule has 17 heteroatoms. The van der Waals surface area contributed by atoms with Crippen LogP contribution in [0.5, 0.6) is 23.0 Å². The molecule has 2 fully saturated rings. The van der Waals surface area contributed by atoms with Crippen LogP contribution in [0, 0.1) is 13.8 Å². The molecule has 0 spiro atoms. The molecule has 11 nitrogen and oxygen atoms in total. The van der Waals surface area contributed by atoms with Crippen molar-refractivity contribution in [3.63, 3.8) is 0 Å². The quantitative estimate of drug-likeness (QED) is 0.0696. The molecule has 1 unspecified atom stereocenters. The van der Waals surface area contributed by atoms with Gasteiger partial charge >= 0.3 is 19.2 Å². The number of hydrogen-bond donors (Lipinski definition) is 1. The van der Waals surface area contributed by atoms with Crippen molar-refractivity contribution in [2.45, 2.75) is 84.9 Å². The number of pyridine rings is 1. The maximum atomic E-state index is 14.1. The number of carbonyl (C=O) groups excluding carboxylic acids is 1. The number of fused-ring (bicyclic) bond motifs is 1. The Bertz CT molecular complexity index is 2630. The lowest BCUT2D eigenvalue weighted by Crippen LogP contribution is -2.32. The number of oxazole rings is 1. The first kappa shape index (κ1) is 44.6. The van der Waals surface area contributed by atoms with Crippen molar-refractivity contribution in [2.24, 2.45) is 0 Å². The molecule has 64 heavy (non-hydrogen) atoms. The average Bonchev–Trinajstić information content (AvgIpc) is 4.04. The third kappa shape index (κ3) is 10.5. The highest BCUT2D eigenvalue weighted by molar-refractivity contribution is 6.32. The molecule has 2 aliphatic heterocycles. The summed E-state index contributed by atoms with van der Waals surface area (Å²) >= 11 is 6.80. The number of ether oxygens (including phenoxy) is 5. The molecule has 0 saturated carbocycles. The van der Waals surface area contributed by atoms with Gasteiger partial charge in [-0.25, -0.2) is 9.37 Å². The summed E-state index contributed by atoms with van der Waals surface area (Å²) in [6.45, 7) is -0.466. The number of esters is 1. The van der Waals surface area contributed by atoms with Crippen LogP contribution >= 0.6 is 11.6 Å². The van der Waals surface area contributed by atoms with Crippen LogP contribution in [0.25, 0.3) is 33.7 Å². The summed E-state index contributed by atoms with van der Waals surface area (Å²) in [7, 11) is 0. The van der Waals surface area contributed by atoms with E-state index in [1.54, 1.807) is 12.1 Å². The highest BCUT2D eigenvalue weighted by atomic mass is 35.5. The Morgan fingerprint density at radius 2 is 1.61 bits per heavy atom. The molecule has 4 heterocycles. The molecule has 2 aromatic heterocycles. The van der Waals surface area contributed by atoms with Crippen molar-refractivity contribution in [1.82, 2.24) is 20.2 Å². The lowest BCUT2D eigenvalue weighted by Gasteiger charge is -2.20. The van der Waals surface area contributed by atoms with Gasteiger partial charge in [0, 0.05) is 60.2 Å². The molecule has 8 rings (SSSR count). The first-order chi connectivity index (χ1) is 30.9. The SMILES string of the molecule is Cc1c(COc2cc(OCc3cncc(OC(F)F)c3)c(CN3CCC(F)C3)cc2Cl)cccc1-c1cccc(-c2nc3cc(COC(=O)[C@@H]4CCCN4)c(OC(F)F)cc3o2)c1C. The Hall–Kier alpha value is -5.97. The molecule has 6 aromatic rings. The molecule has 2 aliphatic rings. The van der Waals surface area contributed by atoms with E-state index in [9.17, 15) is 26.7 Å². The van der Waals surface area contributed by atoms with Gasteiger partial charge in [-0.3, -0.25) is 14.7 Å². The van der Waals surface area contributed by atoms with Gasteiger partial charge in [0.1, 0.15) is 60.5 Å². The number of aromatic nitrogens is 2. The topological polar surface area (TPSA) is 117 Å². The van der Waals surface area contributed by atoms with Gasteiger partial charge in [-0.05, 0) is 91.7 Å². The van der Waals surface area contributed by atoms with E-state index in [4.69, 9.17) is 39.9 Å². The highest BCUT2D eigenvalue weighted by Crippen LogP contribution is 2.39. The van der Waals surface area contributed by atoms with Crippen molar-refractivity contribution in [3.8, 4) is 45.6 Å². The van der Waals surface area contributed by atoms with Gasteiger partial charge in [-0.1, -0.05) is 41.9 Å². The maximum absolute atomic E-state index is 14.1. The second-order valence-electron chi connectivity index (χ2n) is 15.6. The fourth-order valence-corrected chi connectivity index (χ4v) is 8.24. The molecule has 1 N–H and O–H groups in total. The van der Waals surface area contributed by atoms with Gasteiger partial charge in [0.2, 0.25) is 5.89 Å². The predicted octanol–water partition coefficient (Wildman–Crippen LogP) is 10.5. The van der Waals surface area contributed by atoms with Crippen molar-refractivity contribution < 1.29 is 54.8 Å². The fourth-order valence-electron chi connectivity index (χ4n) is 8.00. The summed E-state index contributed by atoms with van der Waals surface area (Å²) in [6, 6.07) is 18.8. The fraction of sp³-hybridized carbons (Fsp3) is 0.340. The molecule has 2 atom stereocenters. The molecule has 0 radical (unpaired) electrons. The van der Waals surface area contributed by atoms with E-state index in [1.807, 2.05) is 55.1 Å². The standard InChI is InChI=1S/C47H44ClF5N4O7/c1-26-29(24-60-42-17-40(30(15-37(42)48)21-57-13-11-32(49)22-57)59-23-28-14-33(20-54-19-28)62-46(50)51)6-3-7-34(26)35-8-4-9-36(27(35)2)44-56-39-16-31(25-61-45(58)38-10-5-12-55-38)41(64-47(52)53)18-43(39)63-44/h3-4,6-9,14-20,32,38,46-47,55H,5,10-13,21-25H2,1-2H3/t32?,38-/m0/s1. The molecule has 0 bridgehead atoms. The smallest absolute Gasteiger partial charge is 0.387 e. The van der Waals surface area contributed by atoms with Gasteiger partial charge < -0.3 is 33.4 Å². The van der Waals surface area contributed by atoms with Gasteiger partial charge in [-0.2, -0.15) is 17.6 Å². The van der Waals surface area contributed by atoms with E-state index in [0.29, 0.717) is 71.2 Å². The summed E-state index contributed by atoms with van der Waals surface area (Å²) in [5.41, 5.74) is 7.12. The van der Waals surface area contributed by atoms with E-state index >= 15 is 0 Å². The van der Waals surface area contributed by atoms with Crippen molar-refractivity contribution in [3.05, 3.63) is 118 Å². The summed E-state index contributed by atoms with van der Waals surface area (Å²) in [5.74, 6) is 0.273. The van der Waals surface area contributed by atoms with Crippen LogP contribution in [0.4, 0.5) is 22.0 Å². The summed E-state index contributed by atoms with van der Waals surface area (Å²) < 4.78 is 100. The first-order valence-corrected chi connectivity index (χ1v) is 21.1. The zero-order chi connectivity index (χ0) is 44.9. The summed E-state index contributed by atoms with van der Waals surface area (Å²) in [5, 5.41) is 3.39. The monoisotopic (exact) mass is 906 g/mol. The second kappa shape index (κ2) is 19.8. The number of benzene rings is 4. The number of nitrogens with zero attached hydrogens (tertiary/aromatic N) is 3. The normalized spacial score (nSPS) is 16.5. The van der Waals surface area contributed by atoms with Crippen LogP contribution in [0.2, 0.25) is 5.02 Å². The maximum Gasteiger partial charge on any atom is 0.387 e. The minimum atomic E-state index is -3.12. The van der Waals surface area contributed by atoms with Gasteiger partial charge in [-0.15, -0.1) is 0 Å². The first-order valence-electron chi connectivity index (χ1n) is 20.7. The number of nitrogens with one attached hydrogen (secondary N) is 1. The van der Waals surface area contributed by atoms with E-state index in [-0.39, 0.29) is 54.9 Å². The number of likely N-dealkylation sites (tertiary alicyclic amines) is 1. The molecular weight excluding hydrogens is 863 g/mol. The van der Waals surface area contributed by atoms with Crippen LogP contribution < -0.4 is 24.3 Å². The van der Waals surface area contributed by atoms with Crippen LogP contribution in [-0.4, -0.2) is 65.9 Å². The lowest BCUT2D eigenvalue weighted by molar-refractivity contribution is -0.147. The van der Waals surface area contributed by atoms with Crippen molar-refractivity contribution >= 4 is 28.7 Å². The minimum Gasteiger partial charge on any atom is -0.488 e. The minimum absolute atomic E-state index is 0.0267. The van der Waals surface area contributed by atoms with Crippen LogP contribution in [0.1, 0.15) is 52.6 Å². The Morgan fingerprint density at radius 3 is 2.36 bits per heavy atom. The number of alkyl halides is 5. The molecule has 2 saturated heterocycles. The number of carbonyl (C=O) groups is 1. The van der Waals surface area contributed by atoms with Gasteiger partial charge in [0.25, 0.3) is 0 Å². The van der Waals surface area contributed by atoms with Crippen LogP contribution in [0.3, 0.4) is 0 Å². The van der Waals surface area contributed by atoms with Crippen LogP contribution in [0.15, 0.2) is 83.5 Å². The van der Waals surface area contributed by atoms with Crippen LogP contribution in [-0.2, 0) is 35.9 Å². The predicted molar refractivity (Wildman–Crippen MR) is 228 cm³/mol. The molecular formula is C47H44ClF5N4O7. The molecule has 4 aromatic carbocycles. The molecule has 336 valence electrons. The van der Waals surface area contributed by atoms with Gasteiger partial charge in [0.05, 0.1) is 11.2 Å². The molecule has 0 aliphatic carbocycles. The van der Waals surface area contributed by atoms with E-state index in [0.717, 1.165) is 34.2 Å². The van der Waals surface area contributed by atoms with Crippen molar-refractivity contribution in [1.29, 1.82) is 0 Å². The van der Waals surface area contributed by atoms with Gasteiger partial charge in [0.15, 0.2) is 5.58 Å². The Labute approximate surface area is 370 Å². The Morgan fingerprint density at radius 1 is 0.844 bits per heavy atom. The Kier molecular flexibility index (Phi) is 13.8. The zero-order valence-electron chi connectivity index (χ0n) is 34.9.